The number of rotatable bonds is 20. The van der Waals surface area contributed by atoms with E-state index < -0.39 is 11.8 Å². The highest BCUT2D eigenvalue weighted by Gasteiger charge is 2.23. The number of hydrogen-bond acceptors (Lipinski definition) is 32. The Balaban J connectivity index is 0.000000128. The lowest BCUT2D eigenvalue weighted by Gasteiger charge is -2.14. The molecule has 0 amide bonds. The second kappa shape index (κ2) is 32.1. The van der Waals surface area contributed by atoms with Crippen LogP contribution in [0.2, 0.25) is 5.02 Å². The summed E-state index contributed by atoms with van der Waals surface area (Å²) in [5, 5.41) is 41.4. The number of nitrogen functional groups attached to an aromatic ring is 4. The molecule has 109 heavy (non-hydrogen) atoms. The Kier molecular flexibility index (Phi) is 21.8. The quantitative estimate of drug-likeness (QED) is 0.0342. The van der Waals surface area contributed by atoms with Gasteiger partial charge in [0.15, 0.2) is 34.6 Å². The number of carbonyl (C=O) groups is 1. The van der Waals surface area contributed by atoms with Crippen LogP contribution in [0.3, 0.4) is 0 Å². The van der Waals surface area contributed by atoms with Gasteiger partial charge >= 0.3 is 5.97 Å². The normalized spacial score (nSPS) is 10.9. The predicted molar refractivity (Wildman–Crippen MR) is 422 cm³/mol. The van der Waals surface area contributed by atoms with Gasteiger partial charge in [-0.1, -0.05) is 105 Å². The highest BCUT2D eigenvalue weighted by molar-refractivity contribution is 7.21. The van der Waals surface area contributed by atoms with Gasteiger partial charge in [0, 0.05) is 53.1 Å². The van der Waals surface area contributed by atoms with Gasteiger partial charge in [-0.3, -0.25) is 0 Å². The van der Waals surface area contributed by atoms with Gasteiger partial charge in [0.25, 0.3) is 0 Å². The number of anilines is 12. The van der Waals surface area contributed by atoms with Crippen LogP contribution >= 0.6 is 56.9 Å². The number of ether oxygens (including phenoxy) is 7. The van der Waals surface area contributed by atoms with Gasteiger partial charge in [-0.05, 0) is 91.7 Å². The molecule has 33 nitrogen and oxygen atoms in total. The largest absolute Gasteiger partial charge is 0.494 e. The summed E-state index contributed by atoms with van der Waals surface area (Å²) in [4.78, 5) is 46.4. The smallest absolute Gasteiger partial charge is 0.337 e. The van der Waals surface area contributed by atoms with Crippen LogP contribution in [0.5, 0.6) is 40.2 Å². The van der Waals surface area contributed by atoms with E-state index in [1.165, 1.54) is 90.8 Å². The van der Waals surface area contributed by atoms with Crippen LogP contribution in [0, 0.1) is 19.7 Å². The minimum Gasteiger partial charge on any atom is -0.494 e. The number of aryl methyl sites for hydroxylation is 2. The molecule has 0 aliphatic heterocycles. The van der Waals surface area contributed by atoms with E-state index in [1.54, 1.807) is 83.7 Å². The molecule has 0 aliphatic rings. The number of benzene rings is 8. The molecule has 0 fully saturated rings. The summed E-state index contributed by atoms with van der Waals surface area (Å²) in [6.07, 6.45) is 0. The van der Waals surface area contributed by atoms with Crippen molar-refractivity contribution in [3.63, 3.8) is 0 Å². The van der Waals surface area contributed by atoms with Crippen LogP contribution in [0.15, 0.2) is 146 Å². The lowest BCUT2D eigenvalue weighted by atomic mass is 10.2. The summed E-state index contributed by atoms with van der Waals surface area (Å²) in [5.74, 6) is 3.59. The fourth-order valence-corrected chi connectivity index (χ4v) is 14.7. The molecule has 8 aromatic heterocycles. The van der Waals surface area contributed by atoms with Crippen LogP contribution in [-0.4, -0.2) is 140 Å². The molecule has 556 valence electrons. The standard InChI is InChI=1S/2C19H20N6O3S.C16H11ClN6O2S.C16H13FN6OS/c1-10-6-5-7-14-15(10)22-19(29-14)25-17(20)23-18(24-25)21-11-8-12(26-2)16(28-4)13(9-11)27-3;1-10-6-5-7-14-15(10)22-19(29-14)25-18(23-17(20)24-25)21-11-8-12(26-2)16(28-4)13(9-11)27-3;17-10-6-5-8(7-9(10)13(24)25)19-15-21-14(18)23(22-15)16-20-11-3-1-2-4-12(11)26-16;1-24-12-7-6-9(8-10(12)17)19-15-21-14(18)23(22-15)16-20-11-4-2-3-5-13(11)25-16/h2*5-9H,1-4H3,(H3,20,21,23,24);1-7H,(H,24,25)(H3,18,19,21,22);2-8H,1H3,(H3,18,19,21,22). The molecule has 0 saturated heterocycles. The maximum atomic E-state index is 13.8. The number of aromatic nitrogens is 16. The van der Waals surface area contributed by atoms with Gasteiger partial charge in [0.2, 0.25) is 79.6 Å². The molecule has 8 aromatic carbocycles. The zero-order valence-corrected chi connectivity index (χ0v) is 62.9. The van der Waals surface area contributed by atoms with Gasteiger partial charge in [-0.15, -0.1) is 20.4 Å². The first-order valence-corrected chi connectivity index (χ1v) is 35.8. The van der Waals surface area contributed by atoms with Crippen molar-refractivity contribution in [2.75, 3.05) is 94.0 Å². The zero-order valence-electron chi connectivity index (χ0n) is 58.9. The maximum Gasteiger partial charge on any atom is 0.337 e. The number of nitrogens with two attached hydrogens (primary N) is 4. The summed E-state index contributed by atoms with van der Waals surface area (Å²) in [6.45, 7) is 4.05. The molecular weight excluding hydrogens is 1500 g/mol. The Morgan fingerprint density at radius 2 is 0.817 bits per heavy atom. The highest BCUT2D eigenvalue weighted by atomic mass is 35.5. The summed E-state index contributed by atoms with van der Waals surface area (Å²) in [6, 6.07) is 43.6. The average molecular weight is 1570 g/mol. The van der Waals surface area contributed by atoms with Crippen molar-refractivity contribution in [3.05, 3.63) is 173 Å². The number of carboxylic acids is 1. The van der Waals surface area contributed by atoms with Crippen molar-refractivity contribution in [2.45, 2.75) is 13.8 Å². The minimum atomic E-state index is -1.12. The predicted octanol–water partition coefficient (Wildman–Crippen LogP) is 14.0. The van der Waals surface area contributed by atoms with E-state index >= 15 is 0 Å². The second-order valence-electron chi connectivity index (χ2n) is 22.8. The van der Waals surface area contributed by atoms with E-state index in [9.17, 15) is 9.18 Å². The topological polar surface area (TPSA) is 429 Å². The second-order valence-corrected chi connectivity index (χ2v) is 27.2. The van der Waals surface area contributed by atoms with E-state index in [0.29, 0.717) is 89.7 Å². The fourth-order valence-electron chi connectivity index (χ4n) is 10.7. The van der Waals surface area contributed by atoms with E-state index in [4.69, 9.17) is 77.8 Å². The molecule has 16 rings (SSSR count). The van der Waals surface area contributed by atoms with Gasteiger partial charge < -0.3 is 82.5 Å². The molecule has 0 bridgehead atoms. The molecule has 16 aromatic rings. The SMILES string of the molecule is COc1cc(Nc2nc(N)n(-c3nc4c(C)cccc4s3)n2)cc(OC)c1OC.COc1cc(Nc2nc(N)nn2-c2nc3c(C)cccc3s2)cc(OC)c1OC.COc1ccc(Nc2nc(N)n(-c3nc4ccccc4s3)n2)cc1F.Nc1nc(Nc2ccc(Cl)c(C(=O)O)c2)nn1-c1nc2ccccc2s1. The summed E-state index contributed by atoms with van der Waals surface area (Å²) in [7, 11) is 10.8. The van der Waals surface area contributed by atoms with Crippen LogP contribution in [0.25, 0.3) is 61.4 Å². The number of carboxylic acid groups (broad SMARTS) is 1. The van der Waals surface area contributed by atoms with Gasteiger partial charge in [0.05, 0.1) is 101 Å². The van der Waals surface area contributed by atoms with E-state index in [0.717, 1.165) is 52.0 Å². The van der Waals surface area contributed by atoms with Gasteiger partial charge in [-0.2, -0.15) is 38.7 Å². The number of methoxy groups -OCH3 is 7. The number of hydrogen-bond donors (Lipinski definition) is 9. The first kappa shape index (κ1) is 73.9. The molecule has 0 aliphatic carbocycles. The fraction of sp³-hybridized carbons (Fsp3) is 0.129. The first-order chi connectivity index (χ1) is 52.7. The number of nitrogens with one attached hydrogen (secondary N) is 4. The summed E-state index contributed by atoms with van der Waals surface area (Å²) in [5.41, 5.74) is 31.9. The molecule has 13 N–H and O–H groups in total. The molecular formula is C70H64ClFN24O9S4. The number of halogens is 2. The van der Waals surface area contributed by atoms with Crippen molar-refractivity contribution >= 4 is 174 Å². The van der Waals surface area contributed by atoms with Crippen molar-refractivity contribution in [3.8, 4) is 60.8 Å². The number of fused-ring (bicyclic) bond motifs is 4. The van der Waals surface area contributed by atoms with Gasteiger partial charge in [0.1, 0.15) is 0 Å². The summed E-state index contributed by atoms with van der Waals surface area (Å²) >= 11 is 11.8. The van der Waals surface area contributed by atoms with Crippen molar-refractivity contribution in [1.29, 1.82) is 0 Å². The Hall–Kier alpha value is -13.4. The first-order valence-electron chi connectivity index (χ1n) is 32.1. The van der Waals surface area contributed by atoms with Crippen molar-refractivity contribution in [1.82, 2.24) is 79.0 Å². The van der Waals surface area contributed by atoms with E-state index in [1.807, 2.05) is 98.8 Å². The van der Waals surface area contributed by atoms with Crippen LogP contribution in [0.1, 0.15) is 21.5 Å². The number of nitrogens with zero attached hydrogens (tertiary/aromatic N) is 16. The number of para-hydroxylation sites is 4. The third-order valence-electron chi connectivity index (χ3n) is 15.7. The number of thiazole rings is 4. The van der Waals surface area contributed by atoms with Crippen LogP contribution < -0.4 is 77.4 Å². The molecule has 0 spiro atoms. The van der Waals surface area contributed by atoms with Gasteiger partial charge in [-0.25, -0.2) is 29.1 Å². The molecule has 0 radical (unpaired) electrons. The number of aromatic carboxylic acids is 1. The maximum absolute atomic E-state index is 13.8. The third kappa shape index (κ3) is 16.1. The molecule has 39 heteroatoms. The average Bonchev–Trinajstić information content (AvgIpc) is 1.66. The molecule has 0 saturated carbocycles. The lowest BCUT2D eigenvalue weighted by Crippen LogP contribution is -2.04. The zero-order chi connectivity index (χ0) is 76.7. The third-order valence-corrected chi connectivity index (χ3v) is 20.1. The monoisotopic (exact) mass is 1570 g/mol. The summed E-state index contributed by atoms with van der Waals surface area (Å²) < 4.78 is 61.1. The van der Waals surface area contributed by atoms with Crippen LogP contribution in [-0.2, 0) is 0 Å². The lowest BCUT2D eigenvalue weighted by molar-refractivity contribution is 0.0697. The van der Waals surface area contributed by atoms with E-state index in [2.05, 4.69) is 76.5 Å². The molecule has 8 heterocycles. The Labute approximate surface area is 638 Å². The Morgan fingerprint density at radius 1 is 0.422 bits per heavy atom. The Bertz CT molecular complexity index is 5900. The van der Waals surface area contributed by atoms with Crippen LogP contribution in [0.4, 0.5) is 74.7 Å². The molecule has 0 atom stereocenters. The highest BCUT2D eigenvalue weighted by Crippen LogP contribution is 2.43. The minimum absolute atomic E-state index is 0.0183. The van der Waals surface area contributed by atoms with E-state index in [-0.39, 0.29) is 52.0 Å². The van der Waals surface area contributed by atoms with Crippen molar-refractivity contribution in [2.24, 2.45) is 0 Å². The Morgan fingerprint density at radius 3 is 1.24 bits per heavy atom. The van der Waals surface area contributed by atoms with Crippen molar-refractivity contribution < 1.29 is 47.4 Å². The molecule has 0 unspecified atom stereocenters.